The van der Waals surface area contributed by atoms with Gasteiger partial charge in [-0.1, -0.05) is 277 Å². The van der Waals surface area contributed by atoms with Gasteiger partial charge in [-0.3, -0.25) is 37.3 Å². The Balaban J connectivity index is 5.36. The Kier molecular flexibility index (Phi) is 72.9. The molecule has 0 fully saturated rings. The summed E-state index contributed by atoms with van der Waals surface area (Å²) in [4.78, 5) is 73.0. The molecule has 0 spiro atoms. The molecule has 0 aromatic carbocycles. The molecule has 5 unspecified atom stereocenters. The van der Waals surface area contributed by atoms with Crippen molar-refractivity contribution < 1.29 is 80.2 Å². The number of aliphatic hydroxyl groups excluding tert-OH is 1. The largest absolute Gasteiger partial charge is 0.472 e. The van der Waals surface area contributed by atoms with E-state index >= 15 is 0 Å². The Labute approximate surface area is 631 Å². The van der Waals surface area contributed by atoms with Crippen LogP contribution >= 0.6 is 15.6 Å². The molecule has 0 aromatic heterocycles. The van der Waals surface area contributed by atoms with Gasteiger partial charge in [-0.25, -0.2) is 9.13 Å². The van der Waals surface area contributed by atoms with E-state index in [0.717, 1.165) is 193 Å². The summed E-state index contributed by atoms with van der Waals surface area (Å²) in [5, 5.41) is 10.6. The molecule has 104 heavy (non-hydrogen) atoms. The highest BCUT2D eigenvalue weighted by Gasteiger charge is 2.30. The Bertz CT molecular complexity index is 2490. The number of hydrogen-bond donors (Lipinski definition) is 3. The monoisotopic (exact) mass is 1500 g/mol. The van der Waals surface area contributed by atoms with Crippen LogP contribution in [0, 0.1) is 0 Å². The van der Waals surface area contributed by atoms with E-state index in [1.807, 2.05) is 0 Å². The average molecular weight is 1500 g/mol. The number of ether oxygens (including phenoxy) is 4. The summed E-state index contributed by atoms with van der Waals surface area (Å²) in [6.07, 6.45) is 85.7. The van der Waals surface area contributed by atoms with Gasteiger partial charge in [0.05, 0.1) is 26.4 Å². The van der Waals surface area contributed by atoms with Crippen molar-refractivity contribution >= 4 is 39.5 Å². The lowest BCUT2D eigenvalue weighted by atomic mass is 10.1. The normalized spacial score (nSPS) is 14.6. The molecular weight excluding hydrogens is 1350 g/mol. The molecule has 3 N–H and O–H groups in total. The van der Waals surface area contributed by atoms with Crippen molar-refractivity contribution in [1.29, 1.82) is 0 Å². The fourth-order valence-electron chi connectivity index (χ4n) is 10.4. The molecule has 0 saturated heterocycles. The standard InChI is InChI=1S/C85H144O17P2/c1-5-9-13-17-21-25-29-32-35-37-39-41-44-46-50-53-57-61-65-69-82(87)95-75-80(101-84(89)71-67-63-59-55-49-28-24-20-16-12-8-4)77-99-103(91,92)97-73-79(86)74-98-104(93,94)100-78-81(102-85(90)72-68-64-60-56-52-48-43-34-31-27-23-19-15-11-7-3)76-96-83(88)70-66-62-58-54-51-47-45-42-40-38-36-33-30-26-22-18-14-10-6-2/h9-10,13-14,20-22,24-26,32-36,39-43,47,51,79-81,86H,5-8,11-12,15-19,23,27-31,37-38,44-46,48-50,52-78H2,1-4H3,(H,91,92)(H,93,94)/b13-9-,14-10-,24-20-,25-21-,26-22-,35-32-,36-33-,41-39-,42-40-,43-34-,51-47-. The number of aliphatic hydroxyl groups is 1. The molecule has 596 valence electrons. The smallest absolute Gasteiger partial charge is 0.462 e. The third-order valence-corrected chi connectivity index (χ3v) is 18.5. The Morgan fingerprint density at radius 3 is 0.817 bits per heavy atom. The van der Waals surface area contributed by atoms with Crippen molar-refractivity contribution in [1.82, 2.24) is 0 Å². The first-order valence-electron chi connectivity index (χ1n) is 40.4. The number of rotatable bonds is 75. The van der Waals surface area contributed by atoms with E-state index in [4.69, 9.17) is 37.0 Å². The highest BCUT2D eigenvalue weighted by molar-refractivity contribution is 7.47. The Morgan fingerprint density at radius 2 is 0.510 bits per heavy atom. The Morgan fingerprint density at radius 1 is 0.279 bits per heavy atom. The third-order valence-electron chi connectivity index (χ3n) is 16.6. The van der Waals surface area contributed by atoms with Crippen LogP contribution in [0.15, 0.2) is 134 Å². The van der Waals surface area contributed by atoms with Crippen LogP contribution in [-0.4, -0.2) is 96.7 Å². The van der Waals surface area contributed by atoms with Gasteiger partial charge in [-0.15, -0.1) is 0 Å². The molecule has 0 aliphatic carbocycles. The van der Waals surface area contributed by atoms with Gasteiger partial charge in [0.15, 0.2) is 12.2 Å². The van der Waals surface area contributed by atoms with Crippen LogP contribution in [0.3, 0.4) is 0 Å². The van der Waals surface area contributed by atoms with Gasteiger partial charge >= 0.3 is 39.5 Å². The molecule has 0 amide bonds. The number of hydrogen-bond acceptors (Lipinski definition) is 15. The minimum atomic E-state index is -4.99. The number of esters is 4. The van der Waals surface area contributed by atoms with Crippen LogP contribution in [0.25, 0.3) is 0 Å². The van der Waals surface area contributed by atoms with Gasteiger partial charge in [0.1, 0.15) is 19.3 Å². The number of unbranched alkanes of at least 4 members (excludes halogenated alkanes) is 27. The van der Waals surface area contributed by atoms with E-state index in [2.05, 4.69) is 161 Å². The maximum Gasteiger partial charge on any atom is 0.472 e. The molecule has 17 nitrogen and oxygen atoms in total. The van der Waals surface area contributed by atoms with Crippen molar-refractivity contribution in [3.05, 3.63) is 134 Å². The SMILES string of the molecule is CC/C=C\C/C=C\C/C=C\C/C=C\C/C=C\CCCCCC(=O)OCC(COP(=O)(O)OCC(O)COP(=O)(O)OCC(COC(=O)CCCCCCCC/C=C\C/C=C\C/C=C\C/C=C\CC)OC(=O)CCCCCCC/C=C\CCCC)OC(=O)CCCCCCC/C=C\CCCCCCCC. The number of phosphoric acid groups is 2. The highest BCUT2D eigenvalue weighted by atomic mass is 31.2. The van der Waals surface area contributed by atoms with Crippen molar-refractivity contribution in [2.75, 3.05) is 39.6 Å². The molecule has 0 radical (unpaired) electrons. The predicted molar refractivity (Wildman–Crippen MR) is 427 cm³/mol. The van der Waals surface area contributed by atoms with Gasteiger partial charge in [-0.2, -0.15) is 0 Å². The van der Waals surface area contributed by atoms with Gasteiger partial charge in [0.2, 0.25) is 0 Å². The minimum absolute atomic E-state index is 0.0750. The van der Waals surface area contributed by atoms with E-state index in [0.29, 0.717) is 25.7 Å². The van der Waals surface area contributed by atoms with Crippen LogP contribution in [0.1, 0.15) is 323 Å². The molecular formula is C85H144O17P2. The lowest BCUT2D eigenvalue weighted by Gasteiger charge is -2.21. The zero-order chi connectivity index (χ0) is 76.0. The number of phosphoric ester groups is 2. The average Bonchev–Trinajstić information content (AvgIpc) is 0.929. The molecule has 0 aliphatic heterocycles. The maximum atomic E-state index is 13.1. The van der Waals surface area contributed by atoms with Gasteiger partial charge in [0.25, 0.3) is 0 Å². The quantitative estimate of drug-likeness (QED) is 0.0169. The van der Waals surface area contributed by atoms with Crippen molar-refractivity contribution in [2.24, 2.45) is 0 Å². The number of carbonyl (C=O) groups is 4. The molecule has 5 atom stereocenters. The van der Waals surface area contributed by atoms with Gasteiger partial charge in [0, 0.05) is 25.7 Å². The summed E-state index contributed by atoms with van der Waals surface area (Å²) in [6.45, 7) is 4.55. The zero-order valence-corrected chi connectivity index (χ0v) is 66.9. The number of allylic oxidation sites excluding steroid dienone is 22. The predicted octanol–water partition coefficient (Wildman–Crippen LogP) is 23.7. The fraction of sp³-hybridized carbons (Fsp3) is 0.694. The summed E-state index contributed by atoms with van der Waals surface area (Å²) in [6, 6.07) is 0. The molecule has 0 heterocycles. The minimum Gasteiger partial charge on any atom is -0.462 e. The first-order valence-corrected chi connectivity index (χ1v) is 43.4. The summed E-state index contributed by atoms with van der Waals surface area (Å²) in [5.41, 5.74) is 0. The zero-order valence-electron chi connectivity index (χ0n) is 65.2. The molecule has 0 bridgehead atoms. The lowest BCUT2D eigenvalue weighted by Crippen LogP contribution is -2.30. The van der Waals surface area contributed by atoms with Crippen LogP contribution in [0.5, 0.6) is 0 Å². The van der Waals surface area contributed by atoms with Crippen molar-refractivity contribution in [3.8, 4) is 0 Å². The molecule has 0 rings (SSSR count). The molecule has 19 heteroatoms. The van der Waals surface area contributed by atoms with Crippen LogP contribution in [0.2, 0.25) is 0 Å². The van der Waals surface area contributed by atoms with Crippen LogP contribution in [0.4, 0.5) is 0 Å². The third kappa shape index (κ3) is 75.4. The van der Waals surface area contributed by atoms with E-state index in [1.54, 1.807) is 0 Å². The van der Waals surface area contributed by atoms with Crippen molar-refractivity contribution in [3.63, 3.8) is 0 Å². The van der Waals surface area contributed by atoms with E-state index in [1.165, 1.54) is 51.4 Å². The second-order valence-electron chi connectivity index (χ2n) is 26.6. The summed E-state index contributed by atoms with van der Waals surface area (Å²) in [7, 11) is -9.98. The topological polar surface area (TPSA) is 237 Å². The highest BCUT2D eigenvalue weighted by Crippen LogP contribution is 2.45. The van der Waals surface area contributed by atoms with Gasteiger partial charge in [-0.05, 0) is 154 Å². The second-order valence-corrected chi connectivity index (χ2v) is 29.5. The summed E-state index contributed by atoms with van der Waals surface area (Å²) < 4.78 is 68.6. The first-order chi connectivity index (χ1) is 50.7. The van der Waals surface area contributed by atoms with Crippen molar-refractivity contribution in [2.45, 2.75) is 341 Å². The first kappa shape index (κ1) is 99.2. The van der Waals surface area contributed by atoms with E-state index in [9.17, 15) is 43.2 Å². The maximum absolute atomic E-state index is 13.1. The molecule has 0 aliphatic rings. The van der Waals surface area contributed by atoms with Crippen LogP contribution < -0.4 is 0 Å². The molecule has 0 aromatic rings. The second kappa shape index (κ2) is 76.4. The summed E-state index contributed by atoms with van der Waals surface area (Å²) >= 11 is 0. The van der Waals surface area contributed by atoms with E-state index < -0.39 is 97.5 Å². The van der Waals surface area contributed by atoms with Crippen LogP contribution in [-0.2, 0) is 65.4 Å². The molecule has 0 saturated carbocycles. The Hall–Kier alpha value is -4.80. The lowest BCUT2D eigenvalue weighted by molar-refractivity contribution is -0.161. The number of carbonyl (C=O) groups excluding carboxylic acids is 4. The van der Waals surface area contributed by atoms with E-state index in [-0.39, 0.29) is 25.7 Å². The fourth-order valence-corrected chi connectivity index (χ4v) is 12.0. The summed E-state index contributed by atoms with van der Waals surface area (Å²) in [5.74, 6) is -2.24. The van der Waals surface area contributed by atoms with Gasteiger partial charge < -0.3 is 33.8 Å².